The molecular weight excluding hydrogens is 1020 g/mol. The quantitative estimate of drug-likeness (QED) is 0.0595. The number of phenolic OH excluding ortho intramolecular Hbond substituents is 2. The number of hydrogen-bond acceptors (Lipinski definition) is 12. The van der Waals surface area contributed by atoms with Crippen LogP contribution in [0.2, 0.25) is 0 Å². The number of benzene rings is 6. The number of carbonyl (C=O) groups is 2. The van der Waals surface area contributed by atoms with E-state index in [1.54, 1.807) is 39.0 Å². The van der Waals surface area contributed by atoms with Gasteiger partial charge in [0.15, 0.2) is 47.2 Å². The van der Waals surface area contributed by atoms with Crippen LogP contribution in [0.5, 0.6) is 23.0 Å². The number of aromatic nitrogens is 6. The second-order valence-corrected chi connectivity index (χ2v) is 22.6. The van der Waals surface area contributed by atoms with Crippen LogP contribution >= 0.6 is 0 Å². The largest absolute Gasteiger partial charge is 0.507 e. The molecule has 14 heteroatoms. The third-order valence-corrected chi connectivity index (χ3v) is 14.6. The predicted molar refractivity (Wildman–Crippen MR) is 328 cm³/mol. The van der Waals surface area contributed by atoms with E-state index in [0.29, 0.717) is 40.0 Å². The van der Waals surface area contributed by atoms with Crippen LogP contribution in [-0.2, 0) is 9.59 Å². The monoisotopic (exact) mass is 1100 g/mol. The number of phenols is 2. The van der Waals surface area contributed by atoms with E-state index in [-0.39, 0.29) is 41.3 Å². The lowest BCUT2D eigenvalue weighted by atomic mass is 9.98. The summed E-state index contributed by atoms with van der Waals surface area (Å²) in [6.07, 6.45) is 2.19. The van der Waals surface area contributed by atoms with Crippen molar-refractivity contribution in [3.8, 4) is 91.3 Å². The molecule has 0 spiro atoms. The third-order valence-electron chi connectivity index (χ3n) is 14.6. The van der Waals surface area contributed by atoms with Crippen LogP contribution in [0.25, 0.3) is 68.3 Å². The molecule has 8 aromatic rings. The molecule has 0 fully saturated rings. The Hall–Kier alpha value is -8.52. The number of aromatic hydroxyl groups is 2. The van der Waals surface area contributed by atoms with Crippen LogP contribution in [0, 0.1) is 81.1 Å². The van der Waals surface area contributed by atoms with Crippen LogP contribution in [0.4, 0.5) is 0 Å². The normalized spacial score (nSPS) is 11.9. The first kappa shape index (κ1) is 61.1. The number of rotatable bonds is 18. The Bertz CT molecular complexity index is 3550. The Morgan fingerprint density at radius 2 is 0.805 bits per heavy atom. The first-order valence-corrected chi connectivity index (χ1v) is 28.3. The van der Waals surface area contributed by atoms with Crippen molar-refractivity contribution in [2.75, 3.05) is 6.67 Å². The van der Waals surface area contributed by atoms with Gasteiger partial charge in [-0.25, -0.2) is 29.9 Å². The highest BCUT2D eigenvalue weighted by Crippen LogP contribution is 2.38. The molecule has 0 saturated carbocycles. The molecule has 0 bridgehead atoms. The van der Waals surface area contributed by atoms with Crippen LogP contribution in [0.3, 0.4) is 0 Å². The van der Waals surface area contributed by atoms with Crippen molar-refractivity contribution in [3.63, 3.8) is 0 Å². The molecule has 428 valence electrons. The van der Waals surface area contributed by atoms with E-state index in [9.17, 15) is 19.8 Å². The molecule has 2 atom stereocenters. The summed E-state index contributed by atoms with van der Waals surface area (Å²) in [4.78, 5) is 55.6. The Morgan fingerprint density at radius 3 is 1.24 bits per heavy atom. The third kappa shape index (κ3) is 15.3. The summed E-state index contributed by atoms with van der Waals surface area (Å²) in [5.74, 6) is 3.41. The Balaban J connectivity index is 0.000000990. The van der Waals surface area contributed by atoms with Crippen LogP contribution in [0.15, 0.2) is 97.1 Å². The first-order chi connectivity index (χ1) is 38.9. The lowest BCUT2D eigenvalue weighted by molar-refractivity contribution is -0.129. The van der Waals surface area contributed by atoms with Gasteiger partial charge in [-0.3, -0.25) is 9.59 Å². The van der Waals surface area contributed by atoms with Gasteiger partial charge in [0.2, 0.25) is 0 Å². The molecule has 0 aliphatic heterocycles. The molecule has 8 rings (SSSR count). The zero-order valence-electron chi connectivity index (χ0n) is 50.6. The van der Waals surface area contributed by atoms with Gasteiger partial charge >= 0.3 is 0 Å². The molecule has 0 radical (unpaired) electrons. The van der Waals surface area contributed by atoms with Gasteiger partial charge in [-0.05, 0) is 152 Å². The van der Waals surface area contributed by atoms with Gasteiger partial charge in [0.1, 0.15) is 23.0 Å². The molecular formula is C68H80N8O6. The lowest BCUT2D eigenvalue weighted by Crippen LogP contribution is -2.46. The topological polar surface area (TPSA) is 194 Å². The second-order valence-electron chi connectivity index (χ2n) is 22.6. The zero-order valence-corrected chi connectivity index (χ0v) is 50.6. The summed E-state index contributed by atoms with van der Waals surface area (Å²) < 4.78 is 12.0. The number of carbonyl (C=O) groups excluding carboxylic acids is 2. The molecule has 0 aliphatic carbocycles. The fourth-order valence-corrected chi connectivity index (χ4v) is 9.57. The number of amides is 2. The number of ether oxygens (including phenoxy) is 2. The van der Waals surface area contributed by atoms with Gasteiger partial charge in [0.25, 0.3) is 11.8 Å². The standard InChI is InChI=1S/C59H60N8O6.C9H20/c1-30-13-18-43(34(5)23-30)52-62-53(44-19-14-31(2)24-35(44)6)66-57(65-52)48-26-37(8)51(28-50(48)69)73-41(12)59(71)61-29-60-58(70)40(11)72-42-17-22-47(49(68)27-42)56-64-54(45-20-15-32(3)25-36(45)7)63-55(67-56)46-21-16-33(4)38(9)39(46)10;1-8(2)6-5-7-9(3)4/h13-28,40-41,68-69H,29H2,1-12H3,(H,60,70)(H,61,71);8-9H,5-7H2,1-4H3. The van der Waals surface area contributed by atoms with E-state index >= 15 is 0 Å². The first-order valence-electron chi connectivity index (χ1n) is 28.3. The lowest BCUT2D eigenvalue weighted by Gasteiger charge is -2.19. The minimum absolute atomic E-state index is 0.146. The van der Waals surface area contributed by atoms with Crippen molar-refractivity contribution in [2.45, 2.75) is 142 Å². The van der Waals surface area contributed by atoms with Gasteiger partial charge in [-0.15, -0.1) is 0 Å². The summed E-state index contributed by atoms with van der Waals surface area (Å²) >= 11 is 0. The van der Waals surface area contributed by atoms with Crippen molar-refractivity contribution in [1.82, 2.24) is 40.5 Å². The fraction of sp³-hybridized carbons (Fsp3) is 0.353. The maximum absolute atomic E-state index is 13.2. The highest BCUT2D eigenvalue weighted by molar-refractivity contribution is 5.84. The SMILES string of the molecule is CC(C)CCCC(C)C.Cc1ccc(-c2nc(-c3ccc(C)cc3C)nc(-c3cc(C)c(OC(C)C(=O)NCNC(=O)C(C)Oc4ccc(-c5nc(-c6ccc(C)cc6C)nc(-c6ccc(C)c(C)c6C)n5)c(O)c4)cc3O)n2)c(C)c1. The van der Waals surface area contributed by atoms with Crippen molar-refractivity contribution >= 4 is 11.8 Å². The van der Waals surface area contributed by atoms with Gasteiger partial charge in [0.05, 0.1) is 17.8 Å². The second kappa shape index (κ2) is 26.8. The van der Waals surface area contributed by atoms with Gasteiger partial charge in [-0.1, -0.05) is 130 Å². The molecule has 2 heterocycles. The summed E-state index contributed by atoms with van der Waals surface area (Å²) in [7, 11) is 0. The number of hydrogen-bond donors (Lipinski definition) is 4. The molecule has 14 nitrogen and oxygen atoms in total. The average Bonchev–Trinajstić information content (AvgIpc) is 3.02. The Kier molecular flexibility index (Phi) is 20.0. The van der Waals surface area contributed by atoms with Crippen LogP contribution < -0.4 is 20.1 Å². The van der Waals surface area contributed by atoms with E-state index in [1.807, 2.05) is 97.0 Å². The molecule has 4 N–H and O–H groups in total. The molecule has 2 unspecified atom stereocenters. The highest BCUT2D eigenvalue weighted by Gasteiger charge is 2.24. The van der Waals surface area contributed by atoms with E-state index in [0.717, 1.165) is 84.2 Å². The molecule has 82 heavy (non-hydrogen) atoms. The molecule has 2 amide bonds. The molecule has 0 aliphatic rings. The van der Waals surface area contributed by atoms with Crippen molar-refractivity contribution in [1.29, 1.82) is 0 Å². The summed E-state index contributed by atoms with van der Waals surface area (Å²) in [5, 5.41) is 28.1. The number of aryl methyl sites for hydroxylation is 8. The predicted octanol–water partition coefficient (Wildman–Crippen LogP) is 14.4. The number of nitrogens with zero attached hydrogens (tertiary/aromatic N) is 6. The van der Waals surface area contributed by atoms with Gasteiger partial charge in [-0.2, -0.15) is 0 Å². The van der Waals surface area contributed by atoms with Gasteiger partial charge < -0.3 is 30.3 Å². The molecule has 6 aromatic carbocycles. The Morgan fingerprint density at radius 1 is 0.415 bits per heavy atom. The summed E-state index contributed by atoms with van der Waals surface area (Å²) in [6, 6.07) is 30.1. The maximum atomic E-state index is 13.2. The highest BCUT2D eigenvalue weighted by atomic mass is 16.5. The van der Waals surface area contributed by atoms with Crippen LogP contribution in [0.1, 0.15) is 116 Å². The number of nitrogens with one attached hydrogen (secondary N) is 2. The summed E-state index contributed by atoms with van der Waals surface area (Å²) in [6.45, 7) is 32.2. The van der Waals surface area contributed by atoms with Crippen molar-refractivity contribution in [3.05, 3.63) is 153 Å². The molecule has 2 aromatic heterocycles. The average molecular weight is 1110 g/mol. The van der Waals surface area contributed by atoms with Crippen LogP contribution in [-0.4, -0.2) is 70.8 Å². The van der Waals surface area contributed by atoms with E-state index in [2.05, 4.69) is 70.4 Å². The maximum Gasteiger partial charge on any atom is 0.262 e. The minimum Gasteiger partial charge on any atom is -0.507 e. The zero-order chi connectivity index (χ0) is 59.7. The Labute approximate surface area is 484 Å². The van der Waals surface area contributed by atoms with Gasteiger partial charge in [0, 0.05) is 34.4 Å². The van der Waals surface area contributed by atoms with Crippen molar-refractivity contribution < 1.29 is 29.3 Å². The van der Waals surface area contributed by atoms with E-state index in [4.69, 9.17) is 39.4 Å². The van der Waals surface area contributed by atoms with Crippen molar-refractivity contribution in [2.24, 2.45) is 11.8 Å². The minimum atomic E-state index is -1.01. The molecule has 0 saturated heterocycles. The smallest absolute Gasteiger partial charge is 0.262 e. The summed E-state index contributed by atoms with van der Waals surface area (Å²) in [5.41, 5.74) is 14.5. The fourth-order valence-electron chi connectivity index (χ4n) is 9.57. The van der Waals surface area contributed by atoms with E-state index < -0.39 is 24.0 Å². The van der Waals surface area contributed by atoms with E-state index in [1.165, 1.54) is 31.4 Å².